The third kappa shape index (κ3) is 3.56. The molecule has 0 bridgehead atoms. The first kappa shape index (κ1) is 19.7. The fraction of sp³-hybridized carbons (Fsp3) is 0.522. The number of carbonyl (C=O) groups excluding carboxylic acids is 2. The lowest BCUT2D eigenvalue weighted by Crippen LogP contribution is -2.43. The summed E-state index contributed by atoms with van der Waals surface area (Å²) in [5.41, 5.74) is 3.29. The molecular formula is C23H29N3O3. The van der Waals surface area contributed by atoms with Gasteiger partial charge >= 0.3 is 5.97 Å². The summed E-state index contributed by atoms with van der Waals surface area (Å²) in [5, 5.41) is 4.23. The Kier molecular flexibility index (Phi) is 5.19. The molecule has 29 heavy (non-hydrogen) atoms. The zero-order valence-electron chi connectivity index (χ0n) is 17.5. The molecule has 1 amide bonds. The van der Waals surface area contributed by atoms with Crippen molar-refractivity contribution in [2.24, 2.45) is 18.9 Å². The quantitative estimate of drug-likeness (QED) is 0.740. The third-order valence-corrected chi connectivity index (χ3v) is 6.50. The van der Waals surface area contributed by atoms with Gasteiger partial charge in [0.1, 0.15) is 6.10 Å². The molecule has 154 valence electrons. The summed E-state index contributed by atoms with van der Waals surface area (Å²) >= 11 is 0. The van der Waals surface area contributed by atoms with E-state index in [0.717, 1.165) is 17.5 Å². The number of piperidine rings is 1. The van der Waals surface area contributed by atoms with Crippen LogP contribution in [0.15, 0.2) is 36.7 Å². The molecule has 1 aliphatic heterocycles. The van der Waals surface area contributed by atoms with Crippen LogP contribution in [0.25, 0.3) is 0 Å². The number of aryl methyl sites for hydroxylation is 1. The van der Waals surface area contributed by atoms with Gasteiger partial charge in [-0.15, -0.1) is 0 Å². The van der Waals surface area contributed by atoms with E-state index in [0.29, 0.717) is 24.7 Å². The van der Waals surface area contributed by atoms with Crippen molar-refractivity contribution in [2.75, 3.05) is 7.05 Å². The fourth-order valence-electron chi connectivity index (χ4n) is 4.93. The highest BCUT2D eigenvalue weighted by molar-refractivity contribution is 5.82. The van der Waals surface area contributed by atoms with E-state index in [4.69, 9.17) is 4.74 Å². The number of esters is 1. The lowest BCUT2D eigenvalue weighted by molar-refractivity contribution is -0.161. The topological polar surface area (TPSA) is 64.4 Å². The van der Waals surface area contributed by atoms with E-state index in [1.165, 1.54) is 5.56 Å². The van der Waals surface area contributed by atoms with Crippen molar-refractivity contribution in [3.05, 3.63) is 53.3 Å². The van der Waals surface area contributed by atoms with E-state index in [-0.39, 0.29) is 29.9 Å². The standard InChI is InChI=1S/C23H29N3O3/c1-14(2)19-11-20(17-8-6-5-7-16(17)19)29-23(28)18-9-10-21(27)26(4)22(18)15-12-24-25(3)13-15/h5-8,12-14,18-20,22H,9-11H2,1-4H3/t18-,19+,20-,22+/m1/s1. The number of fused-ring (bicyclic) bond motifs is 1. The summed E-state index contributed by atoms with van der Waals surface area (Å²) in [6.45, 7) is 4.43. The number of carbonyl (C=O) groups is 2. The second-order valence-corrected chi connectivity index (χ2v) is 8.68. The van der Waals surface area contributed by atoms with Crippen molar-refractivity contribution in [1.82, 2.24) is 14.7 Å². The van der Waals surface area contributed by atoms with Gasteiger partial charge in [-0.3, -0.25) is 14.3 Å². The Morgan fingerprint density at radius 3 is 2.59 bits per heavy atom. The molecule has 2 aliphatic rings. The third-order valence-electron chi connectivity index (χ3n) is 6.50. The van der Waals surface area contributed by atoms with Crippen LogP contribution >= 0.6 is 0 Å². The van der Waals surface area contributed by atoms with Crippen LogP contribution in [0.5, 0.6) is 0 Å². The van der Waals surface area contributed by atoms with E-state index in [1.54, 1.807) is 22.8 Å². The molecule has 1 aromatic heterocycles. The van der Waals surface area contributed by atoms with Crippen molar-refractivity contribution in [2.45, 2.75) is 51.2 Å². The Hall–Kier alpha value is -2.63. The maximum atomic E-state index is 13.3. The molecule has 1 aromatic carbocycles. The Labute approximate surface area is 171 Å². The number of amides is 1. The van der Waals surface area contributed by atoms with Gasteiger partial charge in [0.15, 0.2) is 0 Å². The minimum atomic E-state index is -0.382. The largest absolute Gasteiger partial charge is 0.457 e. The first-order chi connectivity index (χ1) is 13.9. The molecule has 0 radical (unpaired) electrons. The van der Waals surface area contributed by atoms with Gasteiger partial charge in [0, 0.05) is 32.3 Å². The van der Waals surface area contributed by atoms with E-state index >= 15 is 0 Å². The van der Waals surface area contributed by atoms with Crippen LogP contribution < -0.4 is 0 Å². The highest BCUT2D eigenvalue weighted by Gasteiger charge is 2.42. The number of nitrogens with zero attached hydrogens (tertiary/aromatic N) is 3. The average Bonchev–Trinajstić information content (AvgIpc) is 3.28. The smallest absolute Gasteiger partial charge is 0.312 e. The summed E-state index contributed by atoms with van der Waals surface area (Å²) in [6.07, 6.45) is 5.08. The highest BCUT2D eigenvalue weighted by Crippen LogP contribution is 2.47. The maximum Gasteiger partial charge on any atom is 0.312 e. The lowest BCUT2D eigenvalue weighted by Gasteiger charge is -2.37. The molecule has 6 heteroatoms. The molecule has 0 unspecified atom stereocenters. The second kappa shape index (κ2) is 7.65. The van der Waals surface area contributed by atoms with Gasteiger partial charge in [0.25, 0.3) is 0 Å². The van der Waals surface area contributed by atoms with Crippen LogP contribution in [-0.4, -0.2) is 33.6 Å². The number of ether oxygens (including phenoxy) is 1. The molecule has 2 aromatic rings. The zero-order chi connectivity index (χ0) is 20.7. The first-order valence-corrected chi connectivity index (χ1v) is 10.4. The molecule has 1 fully saturated rings. The monoisotopic (exact) mass is 395 g/mol. The van der Waals surface area contributed by atoms with Gasteiger partial charge in [-0.25, -0.2) is 0 Å². The number of benzene rings is 1. The molecular weight excluding hydrogens is 366 g/mol. The number of hydrogen-bond donors (Lipinski definition) is 0. The normalized spacial score (nSPS) is 26.7. The molecule has 0 N–H and O–H groups in total. The molecule has 1 saturated heterocycles. The molecule has 2 heterocycles. The van der Waals surface area contributed by atoms with E-state index in [9.17, 15) is 9.59 Å². The van der Waals surface area contributed by atoms with Crippen LogP contribution in [0.4, 0.5) is 0 Å². The van der Waals surface area contributed by atoms with Crippen molar-refractivity contribution in [1.29, 1.82) is 0 Å². The minimum Gasteiger partial charge on any atom is -0.457 e. The molecule has 1 aliphatic carbocycles. The van der Waals surface area contributed by atoms with Gasteiger partial charge in [0.05, 0.1) is 18.2 Å². The molecule has 0 spiro atoms. The van der Waals surface area contributed by atoms with Gasteiger partial charge < -0.3 is 9.64 Å². The number of likely N-dealkylation sites (tertiary alicyclic amines) is 1. The predicted octanol–water partition coefficient (Wildman–Crippen LogP) is 3.76. The fourth-order valence-corrected chi connectivity index (χ4v) is 4.93. The molecule has 4 rings (SSSR count). The van der Waals surface area contributed by atoms with Gasteiger partial charge in [-0.2, -0.15) is 5.10 Å². The Balaban J connectivity index is 1.58. The van der Waals surface area contributed by atoms with Crippen molar-refractivity contribution in [3.63, 3.8) is 0 Å². The van der Waals surface area contributed by atoms with Crippen LogP contribution in [0.2, 0.25) is 0 Å². The van der Waals surface area contributed by atoms with Crippen molar-refractivity contribution < 1.29 is 14.3 Å². The summed E-state index contributed by atoms with van der Waals surface area (Å²) < 4.78 is 7.80. The highest BCUT2D eigenvalue weighted by atomic mass is 16.5. The lowest BCUT2D eigenvalue weighted by atomic mass is 9.85. The van der Waals surface area contributed by atoms with Crippen molar-refractivity contribution in [3.8, 4) is 0 Å². The average molecular weight is 396 g/mol. The minimum absolute atomic E-state index is 0.0500. The second-order valence-electron chi connectivity index (χ2n) is 8.68. The number of hydrogen-bond acceptors (Lipinski definition) is 4. The van der Waals surface area contributed by atoms with Crippen LogP contribution in [-0.2, 0) is 21.4 Å². The Morgan fingerprint density at radius 2 is 1.93 bits per heavy atom. The van der Waals surface area contributed by atoms with Gasteiger partial charge in [0.2, 0.25) is 5.91 Å². The van der Waals surface area contributed by atoms with Crippen LogP contribution in [0.3, 0.4) is 0 Å². The maximum absolute atomic E-state index is 13.3. The SMILES string of the molecule is CC(C)[C@@H]1C[C@@H](OC(=O)[C@@H]2CCC(=O)N(C)[C@H]2c2cnn(C)c2)c2ccccc21. The van der Waals surface area contributed by atoms with E-state index < -0.39 is 0 Å². The van der Waals surface area contributed by atoms with Crippen molar-refractivity contribution >= 4 is 11.9 Å². The number of aromatic nitrogens is 2. The van der Waals surface area contributed by atoms with Gasteiger partial charge in [-0.05, 0) is 35.8 Å². The molecule has 6 nitrogen and oxygen atoms in total. The predicted molar refractivity (Wildman–Crippen MR) is 109 cm³/mol. The molecule has 0 saturated carbocycles. The zero-order valence-corrected chi connectivity index (χ0v) is 17.5. The molecule has 4 atom stereocenters. The Bertz CT molecular complexity index is 920. The summed E-state index contributed by atoms with van der Waals surface area (Å²) in [7, 11) is 3.60. The number of rotatable bonds is 4. The van der Waals surface area contributed by atoms with Gasteiger partial charge in [-0.1, -0.05) is 38.1 Å². The van der Waals surface area contributed by atoms with Crippen LogP contribution in [0, 0.1) is 11.8 Å². The van der Waals surface area contributed by atoms with E-state index in [1.807, 2.05) is 19.3 Å². The first-order valence-electron chi connectivity index (χ1n) is 10.4. The summed E-state index contributed by atoms with van der Waals surface area (Å²) in [5.74, 6) is 0.332. The van der Waals surface area contributed by atoms with Crippen LogP contribution in [0.1, 0.15) is 67.9 Å². The summed E-state index contributed by atoms with van der Waals surface area (Å²) in [6, 6.07) is 7.95. The van der Waals surface area contributed by atoms with E-state index in [2.05, 4.69) is 37.1 Å². The summed E-state index contributed by atoms with van der Waals surface area (Å²) in [4.78, 5) is 27.3. The Morgan fingerprint density at radius 1 is 1.21 bits per heavy atom.